The highest BCUT2D eigenvalue weighted by Gasteiger charge is 2.72. The van der Waals surface area contributed by atoms with E-state index < -0.39 is 0 Å². The summed E-state index contributed by atoms with van der Waals surface area (Å²) in [6.07, 6.45) is 9.36. The molecule has 2 nitrogen and oxygen atoms in total. The molecular weight excluding hydrogens is 272 g/mol. The Labute approximate surface area is 132 Å². The minimum atomic E-state index is -0.169. The predicted molar refractivity (Wildman–Crippen MR) is 82.7 cm³/mol. The maximum atomic E-state index is 12.4. The standard InChI is InChI=1S/C20H26O2/c1-20(19(21)22-2)8-11-6-15(20)18-13-7-14(17(11)18)16-10-3-9(4-10)5-12(13)16/h3,10-18H,4-8H2,1-2H3. The molecule has 0 N–H and O–H groups in total. The zero-order chi connectivity index (χ0) is 14.8. The lowest BCUT2D eigenvalue weighted by molar-refractivity contribution is -0.159. The van der Waals surface area contributed by atoms with E-state index in [9.17, 15) is 4.79 Å². The molecule has 0 aromatic rings. The van der Waals surface area contributed by atoms with Crippen LogP contribution in [-0.4, -0.2) is 13.1 Å². The first-order valence-corrected chi connectivity index (χ1v) is 9.40. The van der Waals surface area contributed by atoms with E-state index in [1.54, 1.807) is 12.7 Å². The topological polar surface area (TPSA) is 26.3 Å². The zero-order valence-corrected chi connectivity index (χ0v) is 13.6. The van der Waals surface area contributed by atoms with Gasteiger partial charge in [-0.25, -0.2) is 0 Å². The monoisotopic (exact) mass is 298 g/mol. The van der Waals surface area contributed by atoms with Crippen LogP contribution in [0.2, 0.25) is 0 Å². The summed E-state index contributed by atoms with van der Waals surface area (Å²) in [5, 5.41) is 0. The SMILES string of the molecule is COC(=O)C1(C)CC2CC1C1C3CC(C4C5C=C(C5)CC34)C21. The lowest BCUT2D eigenvalue weighted by atomic mass is 9.51. The van der Waals surface area contributed by atoms with Crippen LogP contribution in [0.15, 0.2) is 11.6 Å². The van der Waals surface area contributed by atoms with Crippen molar-refractivity contribution >= 4 is 5.97 Å². The van der Waals surface area contributed by atoms with E-state index in [1.165, 1.54) is 25.7 Å². The van der Waals surface area contributed by atoms with E-state index in [2.05, 4.69) is 13.0 Å². The normalized spacial score (nSPS) is 62.3. The average Bonchev–Trinajstić information content (AvgIpc) is 3.20. The first-order valence-electron chi connectivity index (χ1n) is 9.40. The molecule has 0 saturated heterocycles. The molecule has 7 aliphatic rings. The molecule has 10 unspecified atom stereocenters. The Morgan fingerprint density at radius 2 is 1.95 bits per heavy atom. The van der Waals surface area contributed by atoms with Gasteiger partial charge in [0.2, 0.25) is 0 Å². The third kappa shape index (κ3) is 1.16. The van der Waals surface area contributed by atoms with Crippen molar-refractivity contribution in [3.05, 3.63) is 11.6 Å². The van der Waals surface area contributed by atoms with E-state index in [0.29, 0.717) is 5.92 Å². The lowest BCUT2D eigenvalue weighted by Gasteiger charge is -2.54. The summed E-state index contributed by atoms with van der Waals surface area (Å²) >= 11 is 0. The number of ether oxygens (including phenoxy) is 1. The molecule has 0 aromatic carbocycles. The smallest absolute Gasteiger partial charge is 0.311 e. The van der Waals surface area contributed by atoms with Crippen molar-refractivity contribution in [1.29, 1.82) is 0 Å². The maximum absolute atomic E-state index is 12.4. The fraction of sp³-hybridized carbons (Fsp3) is 0.850. The van der Waals surface area contributed by atoms with Gasteiger partial charge in [-0.05, 0) is 92.3 Å². The van der Waals surface area contributed by atoms with Crippen LogP contribution in [-0.2, 0) is 9.53 Å². The van der Waals surface area contributed by atoms with Gasteiger partial charge in [-0.2, -0.15) is 0 Å². The van der Waals surface area contributed by atoms with Crippen LogP contribution < -0.4 is 0 Å². The van der Waals surface area contributed by atoms with Crippen molar-refractivity contribution < 1.29 is 9.53 Å². The number of allylic oxidation sites excluding steroid dienone is 2. The molecule has 5 fully saturated rings. The summed E-state index contributed by atoms with van der Waals surface area (Å²) in [5.74, 6) is 8.21. The molecule has 0 amide bonds. The minimum Gasteiger partial charge on any atom is -0.469 e. The Hall–Kier alpha value is -0.790. The Bertz CT molecular complexity index is 607. The van der Waals surface area contributed by atoms with E-state index in [1.807, 2.05) is 0 Å². The molecule has 5 saturated carbocycles. The van der Waals surface area contributed by atoms with Crippen LogP contribution in [0.25, 0.3) is 0 Å². The summed E-state index contributed by atoms with van der Waals surface area (Å²) in [6, 6.07) is 0. The zero-order valence-electron chi connectivity index (χ0n) is 13.6. The van der Waals surface area contributed by atoms with Gasteiger partial charge in [0.15, 0.2) is 0 Å². The van der Waals surface area contributed by atoms with Crippen LogP contribution in [0, 0.1) is 58.7 Å². The highest BCUT2D eigenvalue weighted by Crippen LogP contribution is 2.77. The van der Waals surface area contributed by atoms with Crippen LogP contribution in [0.1, 0.15) is 39.0 Å². The number of methoxy groups -OCH3 is 1. The van der Waals surface area contributed by atoms with E-state index in [0.717, 1.165) is 53.8 Å². The lowest BCUT2D eigenvalue weighted by Crippen LogP contribution is -2.50. The van der Waals surface area contributed by atoms with Crippen molar-refractivity contribution in [2.24, 2.45) is 58.7 Å². The quantitative estimate of drug-likeness (QED) is 0.419. The molecule has 0 radical (unpaired) electrons. The van der Waals surface area contributed by atoms with Gasteiger partial charge in [0.25, 0.3) is 0 Å². The largest absolute Gasteiger partial charge is 0.469 e. The van der Waals surface area contributed by atoms with Crippen molar-refractivity contribution in [3.63, 3.8) is 0 Å². The van der Waals surface area contributed by atoms with E-state index >= 15 is 0 Å². The van der Waals surface area contributed by atoms with Crippen molar-refractivity contribution in [1.82, 2.24) is 0 Å². The number of carbonyl (C=O) groups excluding carboxylic acids is 1. The van der Waals surface area contributed by atoms with Gasteiger partial charge in [-0.1, -0.05) is 11.6 Å². The number of hydrogen-bond donors (Lipinski definition) is 0. The molecule has 7 aliphatic carbocycles. The van der Waals surface area contributed by atoms with Crippen molar-refractivity contribution in [3.8, 4) is 0 Å². The van der Waals surface area contributed by atoms with E-state index in [-0.39, 0.29) is 11.4 Å². The fourth-order valence-electron chi connectivity index (χ4n) is 8.81. The molecule has 0 aliphatic heterocycles. The molecule has 0 heterocycles. The summed E-state index contributed by atoms with van der Waals surface area (Å²) < 4.78 is 5.20. The molecule has 7 rings (SSSR count). The van der Waals surface area contributed by atoms with Crippen molar-refractivity contribution in [2.45, 2.75) is 39.0 Å². The highest BCUT2D eigenvalue weighted by atomic mass is 16.5. The molecular formula is C20H26O2. The Morgan fingerprint density at radius 3 is 2.73 bits per heavy atom. The Balaban J connectivity index is 1.38. The first kappa shape index (κ1) is 12.6. The number of esters is 1. The molecule has 0 aromatic heterocycles. The van der Waals surface area contributed by atoms with Crippen LogP contribution in [0.4, 0.5) is 0 Å². The number of hydrogen-bond acceptors (Lipinski definition) is 2. The summed E-state index contributed by atoms with van der Waals surface area (Å²) in [6.45, 7) is 2.21. The summed E-state index contributed by atoms with van der Waals surface area (Å²) in [4.78, 5) is 12.4. The van der Waals surface area contributed by atoms with Gasteiger partial charge in [0, 0.05) is 0 Å². The second kappa shape index (κ2) is 3.65. The predicted octanol–water partition coefficient (Wildman–Crippen LogP) is 3.67. The van der Waals surface area contributed by atoms with Gasteiger partial charge in [-0.15, -0.1) is 0 Å². The van der Waals surface area contributed by atoms with Gasteiger partial charge >= 0.3 is 5.97 Å². The summed E-state index contributed by atoms with van der Waals surface area (Å²) in [5.41, 5.74) is 1.59. The molecule has 6 bridgehead atoms. The second-order valence-corrected chi connectivity index (χ2v) is 9.57. The number of fused-ring (bicyclic) bond motifs is 9. The highest BCUT2D eigenvalue weighted by molar-refractivity contribution is 5.77. The van der Waals surface area contributed by atoms with Gasteiger partial charge in [-0.3, -0.25) is 4.79 Å². The van der Waals surface area contributed by atoms with Crippen LogP contribution >= 0.6 is 0 Å². The summed E-state index contributed by atoms with van der Waals surface area (Å²) in [7, 11) is 1.58. The third-order valence-electron chi connectivity index (χ3n) is 9.18. The molecule has 2 heteroatoms. The van der Waals surface area contributed by atoms with Gasteiger partial charge in [0.05, 0.1) is 12.5 Å². The fourth-order valence-corrected chi connectivity index (χ4v) is 8.81. The third-order valence-corrected chi connectivity index (χ3v) is 9.18. The molecule has 118 valence electrons. The molecule has 0 spiro atoms. The van der Waals surface area contributed by atoms with Gasteiger partial charge in [0.1, 0.15) is 0 Å². The van der Waals surface area contributed by atoms with Gasteiger partial charge < -0.3 is 4.74 Å². The second-order valence-electron chi connectivity index (χ2n) is 9.57. The Kier molecular flexibility index (Phi) is 2.09. The number of carbonyl (C=O) groups is 1. The van der Waals surface area contributed by atoms with Crippen LogP contribution in [0.5, 0.6) is 0 Å². The maximum Gasteiger partial charge on any atom is 0.311 e. The number of rotatable bonds is 1. The molecule has 10 atom stereocenters. The van der Waals surface area contributed by atoms with Crippen LogP contribution in [0.3, 0.4) is 0 Å². The van der Waals surface area contributed by atoms with E-state index in [4.69, 9.17) is 4.74 Å². The average molecular weight is 298 g/mol. The Morgan fingerprint density at radius 1 is 1.14 bits per heavy atom. The first-order chi connectivity index (χ1) is 10.6. The molecule has 22 heavy (non-hydrogen) atoms. The van der Waals surface area contributed by atoms with Crippen molar-refractivity contribution in [2.75, 3.05) is 7.11 Å². The minimum absolute atomic E-state index is 0.0759.